The smallest absolute Gasteiger partial charge is 0.328 e. The van der Waals surface area contributed by atoms with Crippen molar-refractivity contribution in [3.8, 4) is 11.1 Å². The van der Waals surface area contributed by atoms with E-state index in [2.05, 4.69) is 0 Å². The maximum atomic E-state index is 11.7. The van der Waals surface area contributed by atoms with Gasteiger partial charge >= 0.3 is 5.97 Å². The van der Waals surface area contributed by atoms with Crippen LogP contribution >= 0.6 is 11.6 Å². The zero-order valence-electron chi connectivity index (χ0n) is 11.6. The van der Waals surface area contributed by atoms with Crippen LogP contribution in [0, 0.1) is 10.1 Å². The van der Waals surface area contributed by atoms with E-state index in [0.717, 1.165) is 12.2 Å². The third-order valence-electron chi connectivity index (χ3n) is 3.01. The number of ketones is 1. The van der Waals surface area contributed by atoms with Crippen LogP contribution in [0.2, 0.25) is 5.02 Å². The van der Waals surface area contributed by atoms with Gasteiger partial charge in [0.05, 0.1) is 10.5 Å². The first-order chi connectivity index (χ1) is 10.9. The molecule has 0 saturated heterocycles. The van der Waals surface area contributed by atoms with E-state index in [9.17, 15) is 19.7 Å². The number of allylic oxidation sites excluding steroid dienone is 1. The Morgan fingerprint density at radius 1 is 1.09 bits per heavy atom. The lowest BCUT2D eigenvalue weighted by Gasteiger charge is -2.04. The number of halogens is 1. The third kappa shape index (κ3) is 4.02. The molecule has 2 aromatic carbocycles. The molecular formula is C16H10ClNO5. The fraction of sp³-hybridized carbons (Fsp3) is 0. The Hall–Kier alpha value is -2.99. The largest absolute Gasteiger partial charge is 0.478 e. The first-order valence-electron chi connectivity index (χ1n) is 6.38. The minimum atomic E-state index is -1.22. The zero-order chi connectivity index (χ0) is 17.0. The molecule has 1 N–H and O–H groups in total. The topological polar surface area (TPSA) is 97.5 Å². The van der Waals surface area contributed by atoms with E-state index in [-0.39, 0.29) is 16.3 Å². The van der Waals surface area contributed by atoms with Crippen LogP contribution in [0.15, 0.2) is 54.6 Å². The molecule has 0 heterocycles. The highest BCUT2D eigenvalue weighted by atomic mass is 35.5. The molecule has 23 heavy (non-hydrogen) atoms. The Kier molecular flexibility index (Phi) is 4.88. The first kappa shape index (κ1) is 16.4. The molecule has 0 aliphatic carbocycles. The lowest BCUT2D eigenvalue weighted by Crippen LogP contribution is -1.97. The number of nitro groups is 1. The maximum Gasteiger partial charge on any atom is 0.328 e. The van der Waals surface area contributed by atoms with Crippen molar-refractivity contribution in [1.82, 2.24) is 0 Å². The van der Waals surface area contributed by atoms with Crippen LogP contribution in [0.4, 0.5) is 5.69 Å². The molecule has 116 valence electrons. The van der Waals surface area contributed by atoms with Gasteiger partial charge in [-0.3, -0.25) is 14.9 Å². The number of hydrogen-bond donors (Lipinski definition) is 1. The summed E-state index contributed by atoms with van der Waals surface area (Å²) in [6, 6.07) is 10.4. The van der Waals surface area contributed by atoms with E-state index >= 15 is 0 Å². The van der Waals surface area contributed by atoms with Crippen LogP contribution in [0.1, 0.15) is 10.4 Å². The summed E-state index contributed by atoms with van der Waals surface area (Å²) in [5.74, 6) is -1.68. The van der Waals surface area contributed by atoms with Gasteiger partial charge < -0.3 is 5.11 Å². The molecular weight excluding hydrogens is 322 g/mol. The van der Waals surface area contributed by atoms with Crippen LogP contribution in [0.25, 0.3) is 11.1 Å². The maximum absolute atomic E-state index is 11.7. The lowest BCUT2D eigenvalue weighted by molar-refractivity contribution is -0.384. The molecule has 0 spiro atoms. The summed E-state index contributed by atoms with van der Waals surface area (Å²) in [5, 5.41) is 19.8. The molecule has 2 aromatic rings. The highest BCUT2D eigenvalue weighted by Gasteiger charge is 2.16. The van der Waals surface area contributed by atoms with Crippen LogP contribution in [-0.2, 0) is 4.79 Å². The van der Waals surface area contributed by atoms with Gasteiger partial charge in [0, 0.05) is 22.7 Å². The molecule has 2 rings (SSSR count). The first-order valence-corrected chi connectivity index (χ1v) is 6.76. The molecule has 0 aliphatic heterocycles. The Morgan fingerprint density at radius 3 is 2.30 bits per heavy atom. The summed E-state index contributed by atoms with van der Waals surface area (Å²) in [6.45, 7) is 0. The standard InChI is InChI=1S/C16H10ClNO5/c17-12-5-6-13(14(9-12)18(22)23)10-1-3-11(4-2-10)15(19)7-8-16(20)21/h1-9H,(H,20,21). The molecule has 0 atom stereocenters. The predicted molar refractivity (Wildman–Crippen MR) is 84.6 cm³/mol. The second-order valence-electron chi connectivity index (χ2n) is 4.53. The molecule has 0 bridgehead atoms. The molecule has 0 radical (unpaired) electrons. The normalized spacial score (nSPS) is 10.7. The van der Waals surface area contributed by atoms with Gasteiger partial charge in [0.15, 0.2) is 5.78 Å². The van der Waals surface area contributed by atoms with Gasteiger partial charge in [-0.1, -0.05) is 35.9 Å². The molecule has 0 unspecified atom stereocenters. The van der Waals surface area contributed by atoms with Gasteiger partial charge in [-0.15, -0.1) is 0 Å². The Bertz CT molecular complexity index is 812. The number of carbonyl (C=O) groups is 2. The highest BCUT2D eigenvalue weighted by Crippen LogP contribution is 2.32. The number of rotatable bonds is 5. The quantitative estimate of drug-likeness (QED) is 0.389. The van der Waals surface area contributed by atoms with Gasteiger partial charge in [-0.25, -0.2) is 4.79 Å². The molecule has 0 saturated carbocycles. The van der Waals surface area contributed by atoms with Crippen LogP contribution in [0.5, 0.6) is 0 Å². The highest BCUT2D eigenvalue weighted by molar-refractivity contribution is 6.31. The van der Waals surface area contributed by atoms with Gasteiger partial charge in [0.1, 0.15) is 0 Å². The van der Waals surface area contributed by atoms with Crippen LogP contribution < -0.4 is 0 Å². The van der Waals surface area contributed by atoms with Crippen molar-refractivity contribution in [2.24, 2.45) is 0 Å². The minimum Gasteiger partial charge on any atom is -0.478 e. The second kappa shape index (κ2) is 6.85. The van der Waals surface area contributed by atoms with Crippen molar-refractivity contribution in [2.75, 3.05) is 0 Å². The van der Waals surface area contributed by atoms with Crippen LogP contribution in [0.3, 0.4) is 0 Å². The molecule has 6 nitrogen and oxygen atoms in total. The number of nitrogens with zero attached hydrogens (tertiary/aromatic N) is 1. The summed E-state index contributed by atoms with van der Waals surface area (Å²) in [5.41, 5.74) is 1.07. The van der Waals surface area contributed by atoms with E-state index in [1.165, 1.54) is 24.3 Å². The predicted octanol–water partition coefficient (Wildman–Crippen LogP) is 3.74. The number of carbonyl (C=O) groups excluding carboxylic acids is 1. The SMILES string of the molecule is O=C(O)C=CC(=O)c1ccc(-c2ccc(Cl)cc2[N+](=O)[O-])cc1. The van der Waals surface area contributed by atoms with Crippen molar-refractivity contribution in [3.05, 3.63) is 75.3 Å². The number of benzene rings is 2. The average molecular weight is 332 g/mol. The van der Waals surface area contributed by atoms with Gasteiger partial charge in [0.2, 0.25) is 0 Å². The van der Waals surface area contributed by atoms with Crippen LogP contribution in [-0.4, -0.2) is 21.8 Å². The number of aliphatic carboxylic acids is 1. The molecule has 0 aromatic heterocycles. The summed E-state index contributed by atoms with van der Waals surface area (Å²) in [6.07, 6.45) is 1.70. The minimum absolute atomic E-state index is 0.137. The van der Waals surface area contributed by atoms with Crippen molar-refractivity contribution >= 4 is 29.0 Å². The summed E-state index contributed by atoms with van der Waals surface area (Å²) in [7, 11) is 0. The number of carboxylic acids is 1. The Morgan fingerprint density at radius 2 is 1.74 bits per heavy atom. The van der Waals surface area contributed by atoms with Crippen molar-refractivity contribution in [3.63, 3.8) is 0 Å². The second-order valence-corrected chi connectivity index (χ2v) is 4.97. The summed E-state index contributed by atoms with van der Waals surface area (Å²) >= 11 is 5.77. The Balaban J connectivity index is 2.35. The Labute approximate surface area is 135 Å². The molecule has 7 heteroatoms. The van der Waals surface area contributed by atoms with Crippen molar-refractivity contribution < 1.29 is 19.6 Å². The average Bonchev–Trinajstić information content (AvgIpc) is 2.52. The van der Waals surface area contributed by atoms with E-state index in [0.29, 0.717) is 11.1 Å². The summed E-state index contributed by atoms with van der Waals surface area (Å²) in [4.78, 5) is 32.7. The molecule has 0 fully saturated rings. The van der Waals surface area contributed by atoms with E-state index in [1.807, 2.05) is 0 Å². The molecule has 0 amide bonds. The zero-order valence-corrected chi connectivity index (χ0v) is 12.4. The fourth-order valence-electron chi connectivity index (χ4n) is 1.96. The number of nitro benzene ring substituents is 1. The van der Waals surface area contributed by atoms with E-state index in [4.69, 9.17) is 16.7 Å². The van der Waals surface area contributed by atoms with Crippen molar-refractivity contribution in [1.29, 1.82) is 0 Å². The van der Waals surface area contributed by atoms with E-state index in [1.54, 1.807) is 18.2 Å². The van der Waals surface area contributed by atoms with E-state index < -0.39 is 16.7 Å². The number of hydrogen-bond acceptors (Lipinski definition) is 4. The molecule has 0 aliphatic rings. The van der Waals surface area contributed by atoms with Gasteiger partial charge in [-0.2, -0.15) is 0 Å². The summed E-state index contributed by atoms with van der Waals surface area (Å²) < 4.78 is 0. The third-order valence-corrected chi connectivity index (χ3v) is 3.25. The lowest BCUT2D eigenvalue weighted by atomic mass is 10.0. The fourth-order valence-corrected chi connectivity index (χ4v) is 2.12. The number of carboxylic acid groups (broad SMARTS) is 1. The van der Waals surface area contributed by atoms with Crippen molar-refractivity contribution in [2.45, 2.75) is 0 Å². The van der Waals surface area contributed by atoms with Gasteiger partial charge in [-0.05, 0) is 23.8 Å². The van der Waals surface area contributed by atoms with Gasteiger partial charge in [0.25, 0.3) is 5.69 Å². The monoisotopic (exact) mass is 331 g/mol.